The van der Waals surface area contributed by atoms with Crippen molar-refractivity contribution in [1.29, 1.82) is 0 Å². The maximum Gasteiger partial charge on any atom is 0.321 e. The monoisotopic (exact) mass is 434 g/mol. The number of carbonyl (C=O) groups is 1. The number of benzene rings is 2. The highest BCUT2D eigenvalue weighted by Gasteiger charge is 2.24. The van der Waals surface area contributed by atoms with Crippen LogP contribution >= 0.6 is 15.9 Å². The average Bonchev–Trinajstić information content (AvgIpc) is 2.68. The van der Waals surface area contributed by atoms with E-state index in [1.165, 1.54) is 0 Å². The second-order valence-corrected chi connectivity index (χ2v) is 7.14. The van der Waals surface area contributed by atoms with E-state index in [4.69, 9.17) is 18.9 Å². The Morgan fingerprint density at radius 2 is 1.81 bits per heavy atom. The lowest BCUT2D eigenvalue weighted by Crippen LogP contribution is -2.43. The van der Waals surface area contributed by atoms with Crippen molar-refractivity contribution < 1.29 is 23.7 Å². The number of nitrogens with one attached hydrogen (secondary N) is 1. The Kier molecular flexibility index (Phi) is 4.98. The van der Waals surface area contributed by atoms with Gasteiger partial charge in [0.25, 0.3) is 0 Å². The Morgan fingerprint density at radius 1 is 1.11 bits per heavy atom. The number of anilines is 1. The lowest BCUT2D eigenvalue weighted by Gasteiger charge is -2.29. The molecule has 1 atom stereocenters. The number of amides is 2. The lowest BCUT2D eigenvalue weighted by molar-refractivity contribution is 0.0731. The molecule has 2 aliphatic rings. The summed E-state index contributed by atoms with van der Waals surface area (Å²) < 4.78 is 23.4. The van der Waals surface area contributed by atoms with Crippen LogP contribution < -0.4 is 24.3 Å². The van der Waals surface area contributed by atoms with Crippen molar-refractivity contribution in [3.8, 4) is 23.0 Å². The number of likely N-dealkylation sites (N-methyl/N-ethyl adjacent to an activating group) is 1. The van der Waals surface area contributed by atoms with Crippen molar-refractivity contribution in [1.82, 2.24) is 4.90 Å². The maximum atomic E-state index is 12.6. The second-order valence-electron chi connectivity index (χ2n) is 6.28. The van der Waals surface area contributed by atoms with Crippen LogP contribution in [-0.4, -0.2) is 50.4 Å². The summed E-state index contributed by atoms with van der Waals surface area (Å²) in [6, 6.07) is 10.8. The van der Waals surface area contributed by atoms with E-state index in [-0.39, 0.29) is 12.1 Å². The predicted octanol–water partition coefficient (Wildman–Crippen LogP) is 3.52. The molecule has 4 rings (SSSR count). The third-order valence-corrected chi connectivity index (χ3v) is 4.92. The highest BCUT2D eigenvalue weighted by atomic mass is 79.9. The van der Waals surface area contributed by atoms with Gasteiger partial charge in [-0.1, -0.05) is 12.1 Å². The predicted molar refractivity (Wildman–Crippen MR) is 103 cm³/mol. The molecule has 0 bridgehead atoms. The third-order valence-electron chi connectivity index (χ3n) is 4.27. The van der Waals surface area contributed by atoms with Crippen LogP contribution in [0.25, 0.3) is 0 Å². The minimum Gasteiger partial charge on any atom is -0.486 e. The van der Waals surface area contributed by atoms with Gasteiger partial charge in [-0.3, -0.25) is 0 Å². The van der Waals surface area contributed by atoms with Crippen molar-refractivity contribution in [2.75, 3.05) is 38.7 Å². The van der Waals surface area contributed by atoms with Crippen LogP contribution in [0.1, 0.15) is 0 Å². The Morgan fingerprint density at radius 3 is 2.59 bits per heavy atom. The molecule has 7 nitrogen and oxygen atoms in total. The van der Waals surface area contributed by atoms with Gasteiger partial charge < -0.3 is 29.2 Å². The first-order valence-electron chi connectivity index (χ1n) is 8.60. The Balaban J connectivity index is 1.39. The molecule has 0 radical (unpaired) electrons. The smallest absolute Gasteiger partial charge is 0.321 e. The number of rotatable bonds is 3. The zero-order valence-corrected chi connectivity index (χ0v) is 16.3. The molecule has 0 fully saturated rings. The van der Waals surface area contributed by atoms with Gasteiger partial charge in [0.2, 0.25) is 0 Å². The van der Waals surface area contributed by atoms with Gasteiger partial charge in [-0.15, -0.1) is 0 Å². The van der Waals surface area contributed by atoms with Crippen LogP contribution in [0, 0.1) is 0 Å². The number of carbonyl (C=O) groups excluding carboxylic acids is 1. The van der Waals surface area contributed by atoms with Crippen LogP contribution in [0.3, 0.4) is 0 Å². The first-order valence-corrected chi connectivity index (χ1v) is 9.39. The van der Waals surface area contributed by atoms with Crippen LogP contribution in [0.15, 0.2) is 40.9 Å². The van der Waals surface area contributed by atoms with Crippen molar-refractivity contribution in [2.24, 2.45) is 0 Å². The first-order chi connectivity index (χ1) is 13.1. The number of nitrogens with zero attached hydrogens (tertiary/aromatic N) is 1. The fourth-order valence-electron chi connectivity index (χ4n) is 2.91. The summed E-state index contributed by atoms with van der Waals surface area (Å²) >= 11 is 3.46. The Labute approximate surface area is 165 Å². The molecule has 0 saturated carbocycles. The molecule has 27 heavy (non-hydrogen) atoms. The molecule has 0 aliphatic carbocycles. The van der Waals surface area contributed by atoms with Gasteiger partial charge in [0.05, 0.1) is 12.2 Å². The normalized spacial score (nSPS) is 17.2. The molecule has 0 aromatic heterocycles. The van der Waals surface area contributed by atoms with E-state index in [0.717, 1.165) is 10.2 Å². The van der Waals surface area contributed by atoms with E-state index >= 15 is 0 Å². The summed E-state index contributed by atoms with van der Waals surface area (Å²) in [6.07, 6.45) is -0.237. The highest BCUT2D eigenvalue weighted by molar-refractivity contribution is 9.10. The average molecular weight is 435 g/mol. The van der Waals surface area contributed by atoms with E-state index in [0.29, 0.717) is 49.3 Å². The molecule has 0 saturated heterocycles. The van der Waals surface area contributed by atoms with Crippen LogP contribution in [0.2, 0.25) is 0 Å². The molecule has 2 aromatic rings. The molecule has 2 heterocycles. The summed E-state index contributed by atoms with van der Waals surface area (Å²) in [5.74, 6) is 2.69. The van der Waals surface area contributed by atoms with Gasteiger partial charge >= 0.3 is 6.03 Å². The number of hydrogen-bond acceptors (Lipinski definition) is 5. The standard InChI is InChI=1S/C19H19BrN2O5/c1-22(10-12-11-26-15-4-2-3-5-16(15)27-12)19(23)21-14-9-18-17(8-13(14)20)24-6-7-25-18/h2-5,8-9,12H,6-7,10-11H2,1H3,(H,21,23)/t12-/m0/s1. The number of halogens is 1. The van der Waals surface area contributed by atoms with Crippen molar-refractivity contribution in [3.63, 3.8) is 0 Å². The molecule has 2 aliphatic heterocycles. The topological polar surface area (TPSA) is 69.3 Å². The summed E-state index contributed by atoms with van der Waals surface area (Å²) in [5, 5.41) is 2.88. The molecule has 0 spiro atoms. The van der Waals surface area contributed by atoms with Crippen molar-refractivity contribution in [2.45, 2.75) is 6.10 Å². The molecular weight excluding hydrogens is 416 g/mol. The van der Waals surface area contributed by atoms with Gasteiger partial charge in [-0.25, -0.2) is 4.79 Å². The van der Waals surface area contributed by atoms with E-state index in [9.17, 15) is 4.79 Å². The van der Waals surface area contributed by atoms with Crippen LogP contribution in [0.5, 0.6) is 23.0 Å². The quantitative estimate of drug-likeness (QED) is 0.799. The van der Waals surface area contributed by atoms with Crippen molar-refractivity contribution >= 4 is 27.6 Å². The molecule has 1 N–H and O–H groups in total. The van der Waals surface area contributed by atoms with E-state index in [2.05, 4.69) is 21.2 Å². The van der Waals surface area contributed by atoms with Crippen LogP contribution in [0.4, 0.5) is 10.5 Å². The zero-order chi connectivity index (χ0) is 18.8. The van der Waals surface area contributed by atoms with Gasteiger partial charge in [0.15, 0.2) is 29.1 Å². The fourth-order valence-corrected chi connectivity index (χ4v) is 3.33. The van der Waals surface area contributed by atoms with Gasteiger partial charge in [-0.2, -0.15) is 0 Å². The largest absolute Gasteiger partial charge is 0.486 e. The van der Waals surface area contributed by atoms with E-state index < -0.39 is 0 Å². The van der Waals surface area contributed by atoms with Gasteiger partial charge in [-0.05, 0) is 28.1 Å². The molecule has 8 heteroatoms. The SMILES string of the molecule is CN(C[C@H]1COc2ccccc2O1)C(=O)Nc1cc2c(cc1Br)OCCO2. The fraction of sp³-hybridized carbons (Fsp3) is 0.316. The molecule has 142 valence electrons. The summed E-state index contributed by atoms with van der Waals surface area (Å²) in [6.45, 7) is 1.79. The van der Waals surface area contributed by atoms with Crippen LogP contribution in [-0.2, 0) is 0 Å². The molecule has 2 amide bonds. The van der Waals surface area contributed by atoms with Crippen molar-refractivity contribution in [3.05, 3.63) is 40.9 Å². The highest BCUT2D eigenvalue weighted by Crippen LogP contribution is 2.38. The summed E-state index contributed by atoms with van der Waals surface area (Å²) in [7, 11) is 1.71. The number of hydrogen-bond donors (Lipinski definition) is 1. The summed E-state index contributed by atoms with van der Waals surface area (Å²) in [5.41, 5.74) is 0.613. The number of fused-ring (bicyclic) bond motifs is 2. The number of urea groups is 1. The Bertz CT molecular complexity index is 860. The third kappa shape index (κ3) is 3.90. The maximum absolute atomic E-state index is 12.6. The van der Waals surface area contributed by atoms with E-state index in [1.54, 1.807) is 24.1 Å². The second kappa shape index (κ2) is 7.56. The zero-order valence-electron chi connectivity index (χ0n) is 14.7. The molecule has 2 aromatic carbocycles. The van der Waals surface area contributed by atoms with E-state index in [1.807, 2.05) is 24.3 Å². The van der Waals surface area contributed by atoms with Gasteiger partial charge in [0, 0.05) is 23.7 Å². The minimum absolute atomic E-state index is 0.237. The first kappa shape index (κ1) is 17.8. The lowest BCUT2D eigenvalue weighted by atomic mass is 10.2. The molecular formula is C19H19BrN2O5. The van der Waals surface area contributed by atoms with Gasteiger partial charge in [0.1, 0.15) is 19.8 Å². The summed E-state index contributed by atoms with van der Waals surface area (Å²) in [4.78, 5) is 14.1. The number of ether oxygens (including phenoxy) is 4. The molecule has 0 unspecified atom stereocenters. The number of para-hydroxylation sites is 2. The Hall–Kier alpha value is -2.61. The minimum atomic E-state index is -0.255.